The number of hydrogen-bond donors (Lipinski definition) is 0. The fourth-order valence-electron chi connectivity index (χ4n) is 2.91. The normalized spacial score (nSPS) is 18.9. The van der Waals surface area contributed by atoms with Gasteiger partial charge in [-0.15, -0.1) is 34.4 Å². The zero-order chi connectivity index (χ0) is 12.4. The lowest BCUT2D eigenvalue weighted by Crippen LogP contribution is -1.91. The van der Waals surface area contributed by atoms with E-state index in [1.54, 1.807) is 15.2 Å². The van der Waals surface area contributed by atoms with Crippen molar-refractivity contribution < 1.29 is 0 Å². The van der Waals surface area contributed by atoms with E-state index in [2.05, 4.69) is 44.7 Å². The van der Waals surface area contributed by atoms with Crippen molar-refractivity contribution in [3.8, 4) is 0 Å². The Hall–Kier alpha value is -0.510. The lowest BCUT2D eigenvalue weighted by Gasteiger charge is -2.02. The monoisotopic (exact) mass is 290 g/mol. The third-order valence-electron chi connectivity index (χ3n) is 3.56. The van der Waals surface area contributed by atoms with Crippen LogP contribution in [0.3, 0.4) is 0 Å². The summed E-state index contributed by atoms with van der Waals surface area (Å²) < 4.78 is 3.06. The molecule has 1 aromatic carbocycles. The first-order valence-electron chi connectivity index (χ1n) is 6.25. The Bertz CT molecular complexity index is 711. The summed E-state index contributed by atoms with van der Waals surface area (Å²) in [5.41, 5.74) is 1.62. The zero-order valence-corrected chi connectivity index (χ0v) is 13.1. The van der Waals surface area contributed by atoms with Crippen LogP contribution in [-0.2, 0) is 6.42 Å². The summed E-state index contributed by atoms with van der Waals surface area (Å²) in [5.74, 6) is 0. The van der Waals surface area contributed by atoms with E-state index in [4.69, 9.17) is 0 Å². The molecule has 3 aromatic rings. The van der Waals surface area contributed by atoms with Crippen LogP contribution in [0.5, 0.6) is 0 Å². The van der Waals surface area contributed by atoms with E-state index in [1.165, 1.54) is 31.6 Å². The zero-order valence-electron chi connectivity index (χ0n) is 10.7. The standard InChI is InChI=1S/C15H14S3/c1-7-4-10-13(16-7)11-5-8(2)18-15(11)12-6-9(3)17-14(10)12/h4-5,9H,6H2,1-3H3. The van der Waals surface area contributed by atoms with Crippen LogP contribution in [0.1, 0.15) is 22.2 Å². The average molecular weight is 290 g/mol. The highest BCUT2D eigenvalue weighted by Gasteiger charge is 2.26. The minimum absolute atomic E-state index is 0.733. The maximum atomic E-state index is 2.39. The number of rotatable bonds is 0. The van der Waals surface area contributed by atoms with Crippen molar-refractivity contribution in [1.82, 2.24) is 0 Å². The van der Waals surface area contributed by atoms with Gasteiger partial charge >= 0.3 is 0 Å². The van der Waals surface area contributed by atoms with E-state index in [1.807, 2.05) is 22.7 Å². The Morgan fingerprint density at radius 1 is 1.00 bits per heavy atom. The van der Waals surface area contributed by atoms with Crippen molar-refractivity contribution in [2.24, 2.45) is 0 Å². The smallest absolute Gasteiger partial charge is 0.0444 e. The summed E-state index contributed by atoms with van der Waals surface area (Å²) >= 11 is 6.00. The summed E-state index contributed by atoms with van der Waals surface area (Å²) in [4.78, 5) is 4.44. The highest BCUT2D eigenvalue weighted by molar-refractivity contribution is 8.00. The molecule has 0 spiro atoms. The molecule has 92 valence electrons. The molecule has 0 saturated carbocycles. The van der Waals surface area contributed by atoms with Crippen LogP contribution in [0, 0.1) is 13.8 Å². The van der Waals surface area contributed by atoms with Gasteiger partial charge in [0.1, 0.15) is 0 Å². The van der Waals surface area contributed by atoms with Crippen molar-refractivity contribution in [1.29, 1.82) is 0 Å². The maximum Gasteiger partial charge on any atom is 0.0444 e. The van der Waals surface area contributed by atoms with Gasteiger partial charge in [0, 0.05) is 40.1 Å². The van der Waals surface area contributed by atoms with E-state index in [-0.39, 0.29) is 0 Å². The highest BCUT2D eigenvalue weighted by atomic mass is 32.2. The molecular formula is C15H14S3. The van der Waals surface area contributed by atoms with Crippen LogP contribution >= 0.6 is 34.4 Å². The molecule has 1 aliphatic heterocycles. The van der Waals surface area contributed by atoms with E-state index in [9.17, 15) is 0 Å². The van der Waals surface area contributed by atoms with Gasteiger partial charge in [-0.05, 0) is 38.0 Å². The van der Waals surface area contributed by atoms with Crippen molar-refractivity contribution in [2.45, 2.75) is 37.3 Å². The minimum atomic E-state index is 0.733. The average Bonchev–Trinajstić information content (AvgIpc) is 2.93. The Balaban J connectivity index is 2.26. The van der Waals surface area contributed by atoms with Gasteiger partial charge in [-0.25, -0.2) is 0 Å². The van der Waals surface area contributed by atoms with Gasteiger partial charge in [-0.2, -0.15) is 0 Å². The number of hydrogen-bond acceptors (Lipinski definition) is 3. The Labute approximate surface area is 119 Å². The number of thioether (sulfide) groups is 1. The lowest BCUT2D eigenvalue weighted by atomic mass is 10.1. The van der Waals surface area contributed by atoms with Crippen LogP contribution in [0.15, 0.2) is 17.0 Å². The van der Waals surface area contributed by atoms with E-state index in [0.717, 1.165) is 5.25 Å². The number of aryl methyl sites for hydroxylation is 2. The summed E-state index contributed by atoms with van der Waals surface area (Å²) in [6, 6.07) is 4.77. The molecule has 2 aromatic heterocycles. The highest BCUT2D eigenvalue weighted by Crippen LogP contribution is 2.50. The molecule has 1 aliphatic rings. The number of thiophene rings is 2. The predicted octanol–water partition coefficient (Wildman–Crippen LogP) is 5.77. The predicted molar refractivity (Wildman–Crippen MR) is 85.7 cm³/mol. The molecule has 0 saturated heterocycles. The number of benzene rings is 1. The van der Waals surface area contributed by atoms with Crippen molar-refractivity contribution in [2.75, 3.05) is 0 Å². The first-order valence-corrected chi connectivity index (χ1v) is 8.76. The van der Waals surface area contributed by atoms with Gasteiger partial charge < -0.3 is 0 Å². The van der Waals surface area contributed by atoms with E-state index < -0.39 is 0 Å². The van der Waals surface area contributed by atoms with Crippen molar-refractivity contribution >= 4 is 54.6 Å². The molecule has 3 heteroatoms. The molecule has 0 radical (unpaired) electrons. The van der Waals surface area contributed by atoms with Crippen molar-refractivity contribution in [3.63, 3.8) is 0 Å². The third-order valence-corrected chi connectivity index (χ3v) is 7.02. The quantitative estimate of drug-likeness (QED) is 0.506. The van der Waals surface area contributed by atoms with E-state index in [0.29, 0.717) is 0 Å². The Morgan fingerprint density at radius 3 is 2.44 bits per heavy atom. The molecule has 18 heavy (non-hydrogen) atoms. The van der Waals surface area contributed by atoms with Crippen LogP contribution in [-0.4, -0.2) is 5.25 Å². The molecule has 0 N–H and O–H groups in total. The second-order valence-corrected chi connectivity index (χ2v) is 9.10. The Kier molecular flexibility index (Phi) is 2.36. The van der Waals surface area contributed by atoms with Crippen LogP contribution in [0.25, 0.3) is 20.2 Å². The van der Waals surface area contributed by atoms with Crippen LogP contribution < -0.4 is 0 Å². The molecule has 1 atom stereocenters. The van der Waals surface area contributed by atoms with E-state index >= 15 is 0 Å². The molecule has 0 nitrogen and oxygen atoms in total. The molecule has 1 unspecified atom stereocenters. The molecular weight excluding hydrogens is 276 g/mol. The van der Waals surface area contributed by atoms with Gasteiger partial charge in [0.25, 0.3) is 0 Å². The minimum Gasteiger partial charge on any atom is -0.140 e. The van der Waals surface area contributed by atoms with Crippen LogP contribution in [0.4, 0.5) is 0 Å². The van der Waals surface area contributed by atoms with Gasteiger partial charge in [0.05, 0.1) is 0 Å². The fraction of sp³-hybridized carbons (Fsp3) is 0.333. The molecule has 0 fully saturated rings. The maximum absolute atomic E-state index is 2.39. The summed E-state index contributed by atoms with van der Waals surface area (Å²) in [7, 11) is 0. The summed E-state index contributed by atoms with van der Waals surface area (Å²) in [5, 5.41) is 3.74. The van der Waals surface area contributed by atoms with Crippen molar-refractivity contribution in [3.05, 3.63) is 27.5 Å². The number of fused-ring (bicyclic) bond motifs is 6. The van der Waals surface area contributed by atoms with Gasteiger partial charge in [-0.1, -0.05) is 6.92 Å². The summed E-state index contributed by atoms with van der Waals surface area (Å²) in [6.45, 7) is 6.81. The Morgan fingerprint density at radius 2 is 1.67 bits per heavy atom. The topological polar surface area (TPSA) is 0 Å². The molecule has 4 rings (SSSR count). The fourth-order valence-corrected chi connectivity index (χ4v) is 6.49. The lowest BCUT2D eigenvalue weighted by molar-refractivity contribution is 0.972. The molecule has 0 aliphatic carbocycles. The SMILES string of the molecule is Cc1cc2c(s1)c1c(c3cc(C)sc32)SC(C)C1. The third kappa shape index (κ3) is 1.44. The molecule has 0 bridgehead atoms. The summed E-state index contributed by atoms with van der Waals surface area (Å²) in [6.07, 6.45) is 1.24. The first kappa shape index (κ1) is 11.3. The molecule has 3 heterocycles. The van der Waals surface area contributed by atoms with Gasteiger partial charge in [0.2, 0.25) is 0 Å². The first-order chi connectivity index (χ1) is 8.63. The van der Waals surface area contributed by atoms with Gasteiger partial charge in [0.15, 0.2) is 0 Å². The second-order valence-electron chi connectivity index (χ2n) is 5.14. The van der Waals surface area contributed by atoms with Gasteiger partial charge in [-0.3, -0.25) is 0 Å². The molecule has 0 amide bonds. The van der Waals surface area contributed by atoms with Crippen LogP contribution in [0.2, 0.25) is 0 Å². The second kappa shape index (κ2) is 3.75. The largest absolute Gasteiger partial charge is 0.140 e.